The molecule has 0 bridgehead atoms. The van der Waals surface area contributed by atoms with Crippen LogP contribution in [0.3, 0.4) is 0 Å². The van der Waals surface area contributed by atoms with E-state index < -0.39 is 108 Å². The summed E-state index contributed by atoms with van der Waals surface area (Å²) in [5.74, 6) is -8.27. The van der Waals surface area contributed by atoms with Gasteiger partial charge in [-0.3, -0.25) is 38.4 Å². The third-order valence-electron chi connectivity index (χ3n) is 8.41. The molecule has 0 aliphatic carbocycles. The van der Waals surface area contributed by atoms with Gasteiger partial charge in [0.15, 0.2) is 0 Å². The van der Waals surface area contributed by atoms with Crippen LogP contribution < -0.4 is 43.4 Å². The predicted octanol–water partition coefficient (Wildman–Crippen LogP) is -1.01. The van der Waals surface area contributed by atoms with Crippen LogP contribution in [0.5, 0.6) is 5.75 Å². The molecule has 0 heterocycles. The number of carbonyl (C=O) groups is 8. The van der Waals surface area contributed by atoms with E-state index in [0.29, 0.717) is 16.1 Å². The van der Waals surface area contributed by atoms with Crippen molar-refractivity contribution >= 4 is 58.9 Å². The molecule has 0 aromatic heterocycles. The van der Waals surface area contributed by atoms with Crippen LogP contribution in [0, 0.1) is 11.8 Å². The molecule has 0 saturated carbocycles. The van der Waals surface area contributed by atoms with Gasteiger partial charge in [0.1, 0.15) is 36.0 Å². The molecule has 0 aliphatic heterocycles. The Bertz CT molecular complexity index is 1720. The average Bonchev–Trinajstić information content (AvgIpc) is 3.12. The van der Waals surface area contributed by atoms with Crippen molar-refractivity contribution in [1.82, 2.24) is 31.9 Å². The highest BCUT2D eigenvalue weighted by molar-refractivity contribution is 6.30. The fourth-order valence-electron chi connectivity index (χ4n) is 5.23. The Kier molecular flexibility index (Phi) is 18.2. The molecule has 6 atom stereocenters. The van der Waals surface area contributed by atoms with E-state index in [0.717, 1.165) is 0 Å². The van der Waals surface area contributed by atoms with Crippen LogP contribution in [0.15, 0.2) is 48.5 Å². The quantitative estimate of drug-likeness (QED) is 0.0730. The molecule has 2 aromatic rings. The second kappa shape index (κ2) is 22.0. The van der Waals surface area contributed by atoms with Crippen molar-refractivity contribution in [3.8, 4) is 5.75 Å². The number of phenolic OH excluding ortho intramolecular Hbond substituents is 1. The van der Waals surface area contributed by atoms with Gasteiger partial charge in [0, 0.05) is 11.4 Å². The SMILES string of the molecule is CC(C)[C@H](NC(=O)[C@H](CC(=O)O)NC(=O)[C@H](Cc1ccc(Cl)cc1)NC(=O)[C@@H](C)NC(=O)[C@@H](N)Cc1ccc(O)cc1)C(=O)N[C@H](C(=O)NCC(N)=O)C(C)C. The molecule has 0 fully saturated rings. The average molecular weight is 803 g/mol. The van der Waals surface area contributed by atoms with Crippen LogP contribution in [0.25, 0.3) is 0 Å². The molecule has 2 rings (SSSR count). The van der Waals surface area contributed by atoms with Gasteiger partial charge in [-0.1, -0.05) is 63.6 Å². The van der Waals surface area contributed by atoms with Gasteiger partial charge in [-0.05, 0) is 60.6 Å². The van der Waals surface area contributed by atoms with Crippen molar-refractivity contribution in [2.45, 2.75) is 90.1 Å². The summed E-state index contributed by atoms with van der Waals surface area (Å²) in [5, 5.41) is 34.2. The van der Waals surface area contributed by atoms with Crippen molar-refractivity contribution in [1.29, 1.82) is 0 Å². The van der Waals surface area contributed by atoms with E-state index in [4.69, 9.17) is 23.1 Å². The summed E-state index contributed by atoms with van der Waals surface area (Å²) in [5.41, 5.74) is 12.3. The van der Waals surface area contributed by atoms with Crippen molar-refractivity contribution in [2.24, 2.45) is 23.3 Å². The number of amides is 7. The first-order chi connectivity index (χ1) is 26.2. The van der Waals surface area contributed by atoms with Gasteiger partial charge in [-0.2, -0.15) is 0 Å². The number of benzene rings is 2. The lowest BCUT2D eigenvalue weighted by Crippen LogP contribution is -2.61. The summed E-state index contributed by atoms with van der Waals surface area (Å²) in [6.07, 6.45) is -0.969. The number of phenols is 1. The first-order valence-corrected chi connectivity index (χ1v) is 18.1. The summed E-state index contributed by atoms with van der Waals surface area (Å²) in [7, 11) is 0. The van der Waals surface area contributed by atoms with Gasteiger partial charge in [-0.25, -0.2) is 0 Å². The fourth-order valence-corrected chi connectivity index (χ4v) is 5.36. The van der Waals surface area contributed by atoms with Crippen LogP contribution in [-0.2, 0) is 51.2 Å². The molecular formula is C37H51ClN8O10. The van der Waals surface area contributed by atoms with Gasteiger partial charge in [0.25, 0.3) is 0 Å². The summed E-state index contributed by atoms with van der Waals surface area (Å²) in [4.78, 5) is 103. The van der Waals surface area contributed by atoms with Gasteiger partial charge in [-0.15, -0.1) is 0 Å². The molecular weight excluding hydrogens is 752 g/mol. The Morgan fingerprint density at radius 1 is 0.625 bits per heavy atom. The largest absolute Gasteiger partial charge is 0.508 e. The maximum absolute atomic E-state index is 13.8. The van der Waals surface area contributed by atoms with Crippen molar-refractivity contribution < 1.29 is 48.6 Å². The monoisotopic (exact) mass is 802 g/mol. The Morgan fingerprint density at radius 3 is 1.64 bits per heavy atom. The van der Waals surface area contributed by atoms with Gasteiger partial charge < -0.3 is 53.6 Å². The molecule has 0 saturated heterocycles. The minimum Gasteiger partial charge on any atom is -0.508 e. The topological polar surface area (TPSA) is 301 Å². The summed E-state index contributed by atoms with van der Waals surface area (Å²) < 4.78 is 0. The number of rotatable bonds is 21. The summed E-state index contributed by atoms with van der Waals surface area (Å²) in [6.45, 7) is 7.34. The minimum absolute atomic E-state index is 0.0364. The molecule has 2 aromatic carbocycles. The smallest absolute Gasteiger partial charge is 0.305 e. The lowest BCUT2D eigenvalue weighted by atomic mass is 9.99. The van der Waals surface area contributed by atoms with E-state index in [9.17, 15) is 48.6 Å². The Morgan fingerprint density at radius 2 is 1.11 bits per heavy atom. The molecule has 0 unspecified atom stereocenters. The van der Waals surface area contributed by atoms with E-state index in [1.54, 1.807) is 64.1 Å². The number of nitrogens with two attached hydrogens (primary N) is 2. The van der Waals surface area contributed by atoms with E-state index in [2.05, 4.69) is 31.9 Å². The maximum Gasteiger partial charge on any atom is 0.305 e. The number of aliphatic carboxylic acids is 1. The third kappa shape index (κ3) is 15.5. The number of hydrogen-bond donors (Lipinski definition) is 10. The number of halogens is 1. The number of aromatic hydroxyl groups is 1. The molecule has 12 N–H and O–H groups in total. The van der Waals surface area contributed by atoms with Gasteiger partial charge in [0.05, 0.1) is 19.0 Å². The highest BCUT2D eigenvalue weighted by atomic mass is 35.5. The zero-order valence-corrected chi connectivity index (χ0v) is 32.5. The van der Waals surface area contributed by atoms with E-state index >= 15 is 0 Å². The lowest BCUT2D eigenvalue weighted by Gasteiger charge is -2.29. The Hall–Kier alpha value is -5.75. The third-order valence-corrected chi connectivity index (χ3v) is 8.66. The fraction of sp³-hybridized carbons (Fsp3) is 0.459. The number of primary amides is 1. The number of carbonyl (C=O) groups excluding carboxylic acids is 7. The number of carboxylic acids is 1. The molecule has 0 radical (unpaired) electrons. The second-order valence-electron chi connectivity index (χ2n) is 13.9. The van der Waals surface area contributed by atoms with E-state index in [-0.39, 0.29) is 18.6 Å². The van der Waals surface area contributed by atoms with Gasteiger partial charge in [0.2, 0.25) is 41.4 Å². The van der Waals surface area contributed by atoms with Crippen LogP contribution in [0.1, 0.15) is 52.2 Å². The summed E-state index contributed by atoms with van der Waals surface area (Å²) >= 11 is 6.01. The molecule has 18 nitrogen and oxygen atoms in total. The maximum atomic E-state index is 13.8. The molecule has 0 aliphatic rings. The molecule has 306 valence electrons. The first kappa shape index (κ1) is 46.4. The zero-order chi connectivity index (χ0) is 42.3. The lowest BCUT2D eigenvalue weighted by molar-refractivity contribution is -0.141. The highest BCUT2D eigenvalue weighted by Crippen LogP contribution is 2.14. The minimum atomic E-state index is -1.74. The van der Waals surface area contributed by atoms with Crippen molar-refractivity contribution in [3.63, 3.8) is 0 Å². The zero-order valence-electron chi connectivity index (χ0n) is 31.8. The van der Waals surface area contributed by atoms with Crippen LogP contribution in [-0.4, -0.2) is 100 Å². The van der Waals surface area contributed by atoms with E-state index in [1.807, 2.05) is 0 Å². The standard InChI is InChI=1S/C37H51ClN8O10/c1-18(2)30(36(55)41-17-28(40)48)46-37(56)31(19(3)4)45-35(54)27(16-29(49)50)44-34(53)26(15-22-6-10-23(38)11-7-22)43-32(51)20(5)42-33(52)25(39)14-21-8-12-24(47)13-9-21/h6-13,18-20,25-27,30-31,47H,14-17,39H2,1-5H3,(H2,40,48)(H,41,55)(H,42,52)(H,43,51)(H,44,53)(H,45,54)(H,46,56)(H,49,50)/t20-,25+,26+,27+,30+,31+/m1/s1. The summed E-state index contributed by atoms with van der Waals surface area (Å²) in [6, 6.07) is 4.48. The Labute approximate surface area is 329 Å². The molecule has 56 heavy (non-hydrogen) atoms. The molecule has 0 spiro atoms. The normalized spacial score (nSPS) is 14.2. The highest BCUT2D eigenvalue weighted by Gasteiger charge is 2.35. The molecule has 7 amide bonds. The van der Waals surface area contributed by atoms with Crippen LogP contribution in [0.2, 0.25) is 5.02 Å². The van der Waals surface area contributed by atoms with E-state index in [1.165, 1.54) is 19.1 Å². The first-order valence-electron chi connectivity index (χ1n) is 17.8. The number of hydrogen-bond acceptors (Lipinski definition) is 10. The molecule has 19 heteroatoms. The number of nitrogens with one attached hydrogen (secondary N) is 6. The van der Waals surface area contributed by atoms with Crippen LogP contribution in [0.4, 0.5) is 0 Å². The van der Waals surface area contributed by atoms with Crippen LogP contribution >= 0.6 is 11.6 Å². The van der Waals surface area contributed by atoms with Crippen molar-refractivity contribution in [3.05, 3.63) is 64.7 Å². The number of carboxylic acid groups (broad SMARTS) is 1. The van der Waals surface area contributed by atoms with Gasteiger partial charge >= 0.3 is 5.97 Å². The van der Waals surface area contributed by atoms with Crippen molar-refractivity contribution in [2.75, 3.05) is 6.54 Å². The second-order valence-corrected chi connectivity index (χ2v) is 14.3. The predicted molar refractivity (Wildman–Crippen MR) is 204 cm³/mol. The Balaban J connectivity index is 2.26.